The summed E-state index contributed by atoms with van der Waals surface area (Å²) in [5.74, 6) is -0.0699. The summed E-state index contributed by atoms with van der Waals surface area (Å²) in [6.07, 6.45) is 6.00. The minimum Gasteiger partial charge on any atom is -0.444 e. The normalized spacial score (nSPS) is 13.5. The number of hydrogen-bond donors (Lipinski definition) is 1. The first-order chi connectivity index (χ1) is 16.6. The fourth-order valence-corrected chi connectivity index (χ4v) is 4.24. The van der Waals surface area contributed by atoms with E-state index in [9.17, 15) is 14.4 Å². The highest BCUT2D eigenvalue weighted by Crippen LogP contribution is 2.33. The zero-order valence-electron chi connectivity index (χ0n) is 20.6. The smallest absolute Gasteiger partial charge is 0.407 e. The van der Waals surface area contributed by atoms with Gasteiger partial charge in [0.25, 0.3) is 5.91 Å². The van der Waals surface area contributed by atoms with Crippen molar-refractivity contribution >= 4 is 35.5 Å². The molecule has 0 saturated carbocycles. The number of amides is 2. The van der Waals surface area contributed by atoms with Crippen LogP contribution in [0.4, 0.5) is 4.79 Å². The minimum atomic E-state index is -0.550. The van der Waals surface area contributed by atoms with Crippen LogP contribution in [-0.2, 0) is 11.3 Å². The van der Waals surface area contributed by atoms with E-state index in [4.69, 9.17) is 4.74 Å². The number of pyridine rings is 1. The molecule has 0 saturated heterocycles. The van der Waals surface area contributed by atoms with Crippen LogP contribution >= 0.6 is 0 Å². The van der Waals surface area contributed by atoms with Crippen LogP contribution in [-0.4, -0.2) is 45.8 Å². The van der Waals surface area contributed by atoms with Crippen molar-refractivity contribution in [3.05, 3.63) is 76.6 Å². The predicted octanol–water partition coefficient (Wildman–Crippen LogP) is 5.18. The first-order valence-corrected chi connectivity index (χ1v) is 11.8. The lowest BCUT2D eigenvalue weighted by Gasteiger charge is -2.20. The van der Waals surface area contributed by atoms with Gasteiger partial charge in [0.05, 0.1) is 5.52 Å². The van der Waals surface area contributed by atoms with E-state index in [-0.39, 0.29) is 11.7 Å². The van der Waals surface area contributed by atoms with Gasteiger partial charge in [-0.1, -0.05) is 42.5 Å². The number of aromatic nitrogens is 1. The highest BCUT2D eigenvalue weighted by Gasteiger charge is 2.33. The molecule has 7 heteroatoms. The number of rotatable bonds is 7. The molecule has 1 aromatic carbocycles. The van der Waals surface area contributed by atoms with Gasteiger partial charge < -0.3 is 19.4 Å². The van der Waals surface area contributed by atoms with Crippen LogP contribution in [0.15, 0.2) is 48.7 Å². The molecule has 1 aliphatic rings. The molecule has 182 valence electrons. The molecule has 0 radical (unpaired) electrons. The highest BCUT2D eigenvalue weighted by molar-refractivity contribution is 6.03. The number of hydrogen-bond acceptors (Lipinski definition) is 4. The molecule has 3 aromatic rings. The van der Waals surface area contributed by atoms with Crippen LogP contribution < -0.4 is 5.32 Å². The Hall–Kier alpha value is -3.87. The second-order valence-electron chi connectivity index (χ2n) is 9.72. The van der Waals surface area contributed by atoms with Gasteiger partial charge in [0.15, 0.2) is 5.78 Å². The lowest BCUT2D eigenvalue weighted by molar-refractivity contribution is 0.0525. The van der Waals surface area contributed by atoms with Crippen molar-refractivity contribution in [3.63, 3.8) is 0 Å². The minimum absolute atomic E-state index is 0.0164. The number of carbonyl (C=O) groups is 3. The highest BCUT2D eigenvalue weighted by atomic mass is 16.6. The fraction of sp³-hybridized carbons (Fsp3) is 0.321. The van der Waals surface area contributed by atoms with Gasteiger partial charge in [-0.25, -0.2) is 4.79 Å². The molecular weight excluding hydrogens is 442 g/mol. The molecule has 4 rings (SSSR count). The Kier molecular flexibility index (Phi) is 6.78. The van der Waals surface area contributed by atoms with Crippen LogP contribution in [0.3, 0.4) is 0 Å². The molecule has 0 fully saturated rings. The van der Waals surface area contributed by atoms with Crippen molar-refractivity contribution in [3.8, 4) is 0 Å². The molecule has 0 atom stereocenters. The number of alkyl carbamates (subject to hydrolysis) is 1. The standard InChI is InChI=1S/C28H31N3O4/c1-19(32)21-13-16-31-24(17-21)22(12-11-20-9-6-5-7-10-20)23-18-30(26(33)25(23)31)15-8-14-29-27(34)35-28(2,3)4/h5-7,9-13,16-17H,8,14-15,18H2,1-4H3,(H,29,34)/b12-11+. The van der Waals surface area contributed by atoms with Gasteiger partial charge in [0.2, 0.25) is 0 Å². The van der Waals surface area contributed by atoms with Crippen LogP contribution in [0.5, 0.6) is 0 Å². The Morgan fingerprint density at radius 3 is 2.54 bits per heavy atom. The summed E-state index contributed by atoms with van der Waals surface area (Å²) < 4.78 is 7.14. The largest absolute Gasteiger partial charge is 0.444 e. The molecule has 1 aliphatic heterocycles. The summed E-state index contributed by atoms with van der Waals surface area (Å²) in [7, 11) is 0. The molecule has 3 heterocycles. The molecule has 0 spiro atoms. The van der Waals surface area contributed by atoms with Crippen LogP contribution in [0, 0.1) is 0 Å². The Balaban J connectivity index is 1.55. The number of ether oxygens (including phenoxy) is 1. The van der Waals surface area contributed by atoms with Gasteiger partial charge in [-0.3, -0.25) is 9.59 Å². The van der Waals surface area contributed by atoms with Gasteiger partial charge in [-0.05, 0) is 51.8 Å². The summed E-state index contributed by atoms with van der Waals surface area (Å²) in [5, 5.41) is 2.74. The molecule has 1 N–H and O–H groups in total. The lowest BCUT2D eigenvalue weighted by atomic mass is 10.1. The number of fused-ring (bicyclic) bond motifs is 3. The molecule has 7 nitrogen and oxygen atoms in total. The molecule has 35 heavy (non-hydrogen) atoms. The average Bonchev–Trinajstić information content (AvgIpc) is 3.28. The van der Waals surface area contributed by atoms with Crippen molar-refractivity contribution in [2.45, 2.75) is 46.3 Å². The summed E-state index contributed by atoms with van der Waals surface area (Å²) in [6, 6.07) is 13.6. The van der Waals surface area contributed by atoms with E-state index in [0.717, 1.165) is 22.2 Å². The second kappa shape index (κ2) is 9.78. The van der Waals surface area contributed by atoms with E-state index in [1.54, 1.807) is 24.1 Å². The van der Waals surface area contributed by atoms with Crippen molar-refractivity contribution < 1.29 is 19.1 Å². The van der Waals surface area contributed by atoms with Crippen LogP contribution in [0.2, 0.25) is 0 Å². The molecule has 0 unspecified atom stereocenters. The predicted molar refractivity (Wildman–Crippen MR) is 136 cm³/mol. The van der Waals surface area contributed by atoms with E-state index in [1.807, 2.05) is 73.7 Å². The monoisotopic (exact) mass is 473 g/mol. The van der Waals surface area contributed by atoms with Gasteiger partial charge in [0.1, 0.15) is 11.3 Å². The Morgan fingerprint density at radius 1 is 1.11 bits per heavy atom. The average molecular weight is 474 g/mol. The van der Waals surface area contributed by atoms with Gasteiger partial charge in [-0.15, -0.1) is 0 Å². The Bertz CT molecular complexity index is 1300. The quantitative estimate of drug-likeness (QED) is 0.379. The number of Topliss-reactive ketones (excluding diaryl/α,β-unsaturated/α-hetero) is 1. The van der Waals surface area contributed by atoms with E-state index in [0.29, 0.717) is 37.3 Å². The topological polar surface area (TPSA) is 80.1 Å². The summed E-state index contributed by atoms with van der Waals surface area (Å²) in [5.41, 5.74) is 4.47. The third-order valence-corrected chi connectivity index (χ3v) is 5.84. The molecule has 0 aliphatic carbocycles. The number of carbonyl (C=O) groups excluding carboxylic acids is 3. The lowest BCUT2D eigenvalue weighted by Crippen LogP contribution is -2.34. The van der Waals surface area contributed by atoms with Crippen molar-refractivity contribution in [1.82, 2.24) is 14.6 Å². The fourth-order valence-electron chi connectivity index (χ4n) is 4.24. The van der Waals surface area contributed by atoms with E-state index < -0.39 is 11.7 Å². The number of nitrogens with zero attached hydrogens (tertiary/aromatic N) is 2. The molecule has 2 aromatic heterocycles. The second-order valence-corrected chi connectivity index (χ2v) is 9.72. The maximum Gasteiger partial charge on any atom is 0.407 e. The van der Waals surface area contributed by atoms with E-state index >= 15 is 0 Å². The van der Waals surface area contributed by atoms with Crippen molar-refractivity contribution in [2.24, 2.45) is 0 Å². The van der Waals surface area contributed by atoms with E-state index in [2.05, 4.69) is 5.32 Å². The zero-order valence-corrected chi connectivity index (χ0v) is 20.6. The number of ketones is 1. The Labute approximate surface area is 205 Å². The zero-order chi connectivity index (χ0) is 25.2. The van der Waals surface area contributed by atoms with Crippen molar-refractivity contribution in [1.29, 1.82) is 0 Å². The van der Waals surface area contributed by atoms with Gasteiger partial charge >= 0.3 is 6.09 Å². The first-order valence-electron chi connectivity index (χ1n) is 11.8. The van der Waals surface area contributed by atoms with Crippen LogP contribution in [0.1, 0.15) is 71.7 Å². The molecular formula is C28H31N3O4. The van der Waals surface area contributed by atoms with Gasteiger partial charge in [0, 0.05) is 42.5 Å². The molecule has 0 bridgehead atoms. The third kappa shape index (κ3) is 5.45. The maximum absolute atomic E-state index is 13.3. The van der Waals surface area contributed by atoms with Gasteiger partial charge in [-0.2, -0.15) is 0 Å². The third-order valence-electron chi connectivity index (χ3n) is 5.84. The van der Waals surface area contributed by atoms with Crippen molar-refractivity contribution in [2.75, 3.05) is 13.1 Å². The van der Waals surface area contributed by atoms with Crippen LogP contribution in [0.25, 0.3) is 17.7 Å². The number of nitrogens with one attached hydrogen (secondary N) is 1. The molecule has 2 amide bonds. The Morgan fingerprint density at radius 2 is 1.86 bits per heavy atom. The summed E-state index contributed by atoms with van der Waals surface area (Å²) in [6.45, 7) is 8.40. The summed E-state index contributed by atoms with van der Waals surface area (Å²) in [4.78, 5) is 39.0. The SMILES string of the molecule is CC(=O)c1ccn2c3c(c(/C=C/c4ccccc4)c2c1)CN(CCCNC(=O)OC(C)(C)C)C3=O. The maximum atomic E-state index is 13.3. The first kappa shape index (κ1) is 24.3. The number of benzene rings is 1. The summed E-state index contributed by atoms with van der Waals surface area (Å²) >= 11 is 0. The van der Waals surface area contributed by atoms with E-state index in [1.165, 1.54) is 0 Å².